The molecule has 116 valence electrons. The van der Waals surface area contributed by atoms with Crippen LogP contribution in [0.3, 0.4) is 0 Å². The Morgan fingerprint density at radius 2 is 1.87 bits per heavy atom. The van der Waals surface area contributed by atoms with Crippen molar-refractivity contribution in [2.75, 3.05) is 5.32 Å². The lowest BCUT2D eigenvalue weighted by Gasteiger charge is -2.09. The second kappa shape index (κ2) is 5.84. The van der Waals surface area contributed by atoms with Crippen LogP contribution in [0.2, 0.25) is 0 Å². The van der Waals surface area contributed by atoms with E-state index in [4.69, 9.17) is 0 Å². The smallest absolute Gasteiger partial charge is 0.262 e. The van der Waals surface area contributed by atoms with Crippen LogP contribution in [0.1, 0.15) is 10.4 Å². The predicted octanol–water partition coefficient (Wildman–Crippen LogP) is 2.50. The highest BCUT2D eigenvalue weighted by molar-refractivity contribution is 6.06. The van der Waals surface area contributed by atoms with Gasteiger partial charge in [0.05, 0.1) is 5.69 Å². The summed E-state index contributed by atoms with van der Waals surface area (Å²) in [5.74, 6) is -3.77. The number of carbonyl (C=O) groups excluding carboxylic acids is 1. The number of hydrogen-bond donors (Lipinski definition) is 2. The third kappa shape index (κ3) is 3.00. The molecule has 2 N–H and O–H groups in total. The average Bonchev–Trinajstić information content (AvgIpc) is 3.00. The van der Waals surface area contributed by atoms with Crippen molar-refractivity contribution in [3.8, 4) is 11.4 Å². The molecule has 1 heterocycles. The van der Waals surface area contributed by atoms with Gasteiger partial charge in [-0.1, -0.05) is 6.07 Å². The summed E-state index contributed by atoms with van der Waals surface area (Å²) in [7, 11) is 0. The largest absolute Gasteiger partial charge is 0.507 e. The van der Waals surface area contributed by atoms with Crippen LogP contribution in [0.25, 0.3) is 5.69 Å². The molecule has 0 atom stereocenters. The molecule has 1 aromatic heterocycles. The van der Waals surface area contributed by atoms with Crippen molar-refractivity contribution in [1.82, 2.24) is 14.8 Å². The van der Waals surface area contributed by atoms with Crippen molar-refractivity contribution in [2.45, 2.75) is 0 Å². The number of halogens is 2. The van der Waals surface area contributed by atoms with E-state index in [1.807, 2.05) is 0 Å². The third-order valence-electron chi connectivity index (χ3n) is 3.08. The Labute approximate surface area is 129 Å². The minimum atomic E-state index is -1.14. The van der Waals surface area contributed by atoms with Crippen molar-refractivity contribution in [3.05, 3.63) is 66.3 Å². The molecule has 0 radical (unpaired) electrons. The Morgan fingerprint density at radius 3 is 2.57 bits per heavy atom. The summed E-state index contributed by atoms with van der Waals surface area (Å²) in [5.41, 5.74) is 0.419. The van der Waals surface area contributed by atoms with Gasteiger partial charge in [0.1, 0.15) is 35.6 Å². The molecule has 23 heavy (non-hydrogen) atoms. The Balaban J connectivity index is 1.88. The summed E-state index contributed by atoms with van der Waals surface area (Å²) in [6, 6.07) is 7.83. The van der Waals surface area contributed by atoms with Gasteiger partial charge < -0.3 is 10.4 Å². The molecule has 0 saturated heterocycles. The summed E-state index contributed by atoms with van der Waals surface area (Å²) >= 11 is 0. The molecule has 0 saturated carbocycles. The highest BCUT2D eigenvalue weighted by atomic mass is 19.1. The maximum absolute atomic E-state index is 13.7. The van der Waals surface area contributed by atoms with Gasteiger partial charge in [-0.3, -0.25) is 9.36 Å². The van der Waals surface area contributed by atoms with E-state index in [9.17, 15) is 18.7 Å². The average molecular weight is 316 g/mol. The fourth-order valence-electron chi connectivity index (χ4n) is 2.06. The quantitative estimate of drug-likeness (QED) is 0.778. The minimum Gasteiger partial charge on any atom is -0.507 e. The Bertz CT molecular complexity index is 843. The first-order valence-corrected chi connectivity index (χ1v) is 6.49. The zero-order valence-electron chi connectivity index (χ0n) is 11.6. The number of carbonyl (C=O) groups is 1. The molecule has 3 aromatic rings. The van der Waals surface area contributed by atoms with Crippen LogP contribution in [0.5, 0.6) is 5.75 Å². The summed E-state index contributed by atoms with van der Waals surface area (Å²) in [6.07, 6.45) is 2.96. The number of amides is 1. The van der Waals surface area contributed by atoms with Crippen LogP contribution >= 0.6 is 0 Å². The van der Waals surface area contributed by atoms with E-state index in [1.165, 1.54) is 12.7 Å². The summed E-state index contributed by atoms with van der Waals surface area (Å²) in [6.45, 7) is 0. The highest BCUT2D eigenvalue weighted by Gasteiger charge is 2.18. The molecule has 3 rings (SSSR count). The number of aromatic hydroxyl groups is 1. The molecule has 0 spiro atoms. The molecule has 0 aliphatic heterocycles. The summed E-state index contributed by atoms with van der Waals surface area (Å²) in [5, 5.41) is 19.4. The molecular weight excluding hydrogens is 306 g/mol. The minimum absolute atomic E-state index is 0.365. The zero-order valence-corrected chi connectivity index (χ0v) is 11.6. The van der Waals surface area contributed by atoms with Crippen molar-refractivity contribution >= 4 is 11.6 Å². The number of aromatic nitrogens is 3. The van der Waals surface area contributed by atoms with Crippen LogP contribution < -0.4 is 5.32 Å². The van der Waals surface area contributed by atoms with E-state index >= 15 is 0 Å². The predicted molar refractivity (Wildman–Crippen MR) is 77.3 cm³/mol. The van der Waals surface area contributed by atoms with Crippen LogP contribution in [-0.2, 0) is 0 Å². The first-order chi connectivity index (χ1) is 11.0. The van der Waals surface area contributed by atoms with E-state index in [-0.39, 0.29) is 0 Å². The SMILES string of the molecule is O=C(Nc1cccc(-n2cnnc2)c1)c1c(O)cc(F)cc1F. The molecule has 0 bridgehead atoms. The van der Waals surface area contributed by atoms with Gasteiger partial charge in [-0.25, -0.2) is 8.78 Å². The summed E-state index contributed by atoms with van der Waals surface area (Å²) in [4.78, 5) is 12.1. The molecule has 0 unspecified atom stereocenters. The van der Waals surface area contributed by atoms with E-state index in [0.29, 0.717) is 23.5 Å². The first kappa shape index (κ1) is 14.6. The number of benzene rings is 2. The molecule has 6 nitrogen and oxygen atoms in total. The standard InChI is InChI=1S/C15H10F2N4O2/c16-9-4-12(17)14(13(22)5-9)15(23)20-10-2-1-3-11(6-10)21-7-18-19-8-21/h1-8,22H,(H,20,23). The van der Waals surface area contributed by atoms with Crippen LogP contribution in [0.4, 0.5) is 14.5 Å². The van der Waals surface area contributed by atoms with Gasteiger partial charge in [-0.15, -0.1) is 10.2 Å². The maximum atomic E-state index is 13.7. The van der Waals surface area contributed by atoms with Crippen LogP contribution in [-0.4, -0.2) is 25.8 Å². The van der Waals surface area contributed by atoms with Crippen LogP contribution in [0.15, 0.2) is 49.1 Å². The van der Waals surface area contributed by atoms with E-state index in [0.717, 1.165) is 0 Å². The lowest BCUT2D eigenvalue weighted by molar-refractivity contribution is 0.102. The van der Waals surface area contributed by atoms with Gasteiger partial charge in [0.15, 0.2) is 0 Å². The number of nitrogens with one attached hydrogen (secondary N) is 1. The number of hydrogen-bond acceptors (Lipinski definition) is 4. The van der Waals surface area contributed by atoms with Gasteiger partial charge >= 0.3 is 0 Å². The van der Waals surface area contributed by atoms with Gasteiger partial charge in [0.25, 0.3) is 5.91 Å². The monoisotopic (exact) mass is 316 g/mol. The second-order valence-corrected chi connectivity index (χ2v) is 4.66. The van der Waals surface area contributed by atoms with Crippen LogP contribution in [0, 0.1) is 11.6 Å². The fraction of sp³-hybridized carbons (Fsp3) is 0. The van der Waals surface area contributed by atoms with Gasteiger partial charge in [-0.2, -0.15) is 0 Å². The molecule has 2 aromatic carbocycles. The van der Waals surface area contributed by atoms with Gasteiger partial charge in [-0.05, 0) is 18.2 Å². The number of anilines is 1. The number of phenolic OH excluding ortho intramolecular Hbond substituents is 1. The Hall–Kier alpha value is -3.29. The number of nitrogens with zero attached hydrogens (tertiary/aromatic N) is 3. The molecule has 0 fully saturated rings. The maximum Gasteiger partial charge on any atom is 0.262 e. The van der Waals surface area contributed by atoms with Crippen molar-refractivity contribution < 1.29 is 18.7 Å². The van der Waals surface area contributed by atoms with E-state index < -0.39 is 28.9 Å². The third-order valence-corrected chi connectivity index (χ3v) is 3.08. The lowest BCUT2D eigenvalue weighted by Crippen LogP contribution is -2.14. The van der Waals surface area contributed by atoms with E-state index in [1.54, 1.807) is 28.8 Å². The molecule has 0 aliphatic rings. The topological polar surface area (TPSA) is 80.0 Å². The Morgan fingerprint density at radius 1 is 1.13 bits per heavy atom. The number of rotatable bonds is 3. The van der Waals surface area contributed by atoms with E-state index in [2.05, 4.69) is 15.5 Å². The van der Waals surface area contributed by atoms with Crippen molar-refractivity contribution in [1.29, 1.82) is 0 Å². The molecule has 1 amide bonds. The molecular formula is C15H10F2N4O2. The second-order valence-electron chi connectivity index (χ2n) is 4.66. The normalized spacial score (nSPS) is 10.5. The number of phenols is 1. The lowest BCUT2D eigenvalue weighted by atomic mass is 10.1. The van der Waals surface area contributed by atoms with Gasteiger partial charge in [0, 0.05) is 17.8 Å². The summed E-state index contributed by atoms with van der Waals surface area (Å²) < 4.78 is 28.3. The fourth-order valence-corrected chi connectivity index (χ4v) is 2.06. The highest BCUT2D eigenvalue weighted by Crippen LogP contribution is 2.23. The van der Waals surface area contributed by atoms with Crippen molar-refractivity contribution in [3.63, 3.8) is 0 Å². The van der Waals surface area contributed by atoms with Gasteiger partial charge in [0.2, 0.25) is 0 Å². The molecule has 0 aliphatic carbocycles. The first-order valence-electron chi connectivity index (χ1n) is 6.49. The Kier molecular flexibility index (Phi) is 3.71. The van der Waals surface area contributed by atoms with Crippen molar-refractivity contribution in [2.24, 2.45) is 0 Å². The zero-order chi connectivity index (χ0) is 16.4. The molecule has 8 heteroatoms.